The second-order valence-corrected chi connectivity index (χ2v) is 14.6. The maximum Gasteiger partial charge on any atom is 0.332 e. The maximum absolute atomic E-state index is 6.16. The highest BCUT2D eigenvalue weighted by molar-refractivity contribution is 6.30. The first kappa shape index (κ1) is 29.1. The van der Waals surface area contributed by atoms with Crippen molar-refractivity contribution in [3.05, 3.63) is 186 Å². The molecule has 0 radical (unpaired) electrons. The molecule has 2 aliphatic heterocycles. The zero-order valence-corrected chi connectivity index (χ0v) is 29.3. The van der Waals surface area contributed by atoms with Crippen LogP contribution in [0.3, 0.4) is 0 Å². The summed E-state index contributed by atoms with van der Waals surface area (Å²) in [6.45, 7) is 0. The summed E-state index contributed by atoms with van der Waals surface area (Å²) in [7, 11) is 0. The van der Waals surface area contributed by atoms with Crippen LogP contribution in [-0.2, 0) is 0 Å². The summed E-state index contributed by atoms with van der Waals surface area (Å²) in [5.41, 5.74) is 15.1. The quantitative estimate of drug-likeness (QED) is 0.169. The van der Waals surface area contributed by atoms with E-state index in [0.29, 0.717) is 5.84 Å². The molecule has 0 bridgehead atoms. The molecule has 0 amide bonds. The molecule has 0 fully saturated rings. The lowest BCUT2D eigenvalue weighted by atomic mass is 9.93. The molecule has 1 atom stereocenters. The molecule has 1 unspecified atom stereocenters. The van der Waals surface area contributed by atoms with Gasteiger partial charge in [0, 0.05) is 43.3 Å². The van der Waals surface area contributed by atoms with E-state index in [1.807, 2.05) is 24.3 Å². The van der Waals surface area contributed by atoms with Gasteiger partial charge in [0.05, 0.1) is 32.2 Å². The lowest BCUT2D eigenvalue weighted by Gasteiger charge is -2.15. The fourth-order valence-electron chi connectivity index (χ4n) is 9.37. The number of aliphatic imine (C=N–C) groups is 1. The molecule has 10 aromatic rings. The highest BCUT2D eigenvalue weighted by Crippen LogP contribution is 2.50. The fraction of sp³-hybridized carbons (Fsp3) is 0.0204. The number of para-hydroxylation sites is 2. The fourth-order valence-corrected chi connectivity index (χ4v) is 9.37. The summed E-state index contributed by atoms with van der Waals surface area (Å²) < 4.78 is 8.57. The Kier molecular flexibility index (Phi) is 5.59. The smallest absolute Gasteiger partial charge is 0.332 e. The van der Waals surface area contributed by atoms with Gasteiger partial charge < -0.3 is 8.98 Å². The van der Waals surface area contributed by atoms with Crippen LogP contribution < -0.4 is 0 Å². The van der Waals surface area contributed by atoms with Gasteiger partial charge in [-0.05, 0) is 87.6 Å². The van der Waals surface area contributed by atoms with E-state index in [2.05, 4.69) is 144 Å². The van der Waals surface area contributed by atoms with Crippen molar-refractivity contribution in [3.63, 3.8) is 0 Å². The van der Waals surface area contributed by atoms with Crippen LogP contribution in [0, 0.1) is 0 Å². The summed E-state index contributed by atoms with van der Waals surface area (Å²) in [5, 5.41) is 17.6. The van der Waals surface area contributed by atoms with Crippen molar-refractivity contribution >= 4 is 66.1 Å². The number of hydrogen-bond donors (Lipinski definition) is 0. The summed E-state index contributed by atoms with van der Waals surface area (Å²) in [4.78, 5) is 7.12. The molecular formula is C49H28N5O+. The number of azo groups is 1. The number of hydrogen-bond acceptors (Lipinski definition) is 4. The molecule has 0 spiro atoms. The third-order valence-corrected chi connectivity index (χ3v) is 11.7. The summed E-state index contributed by atoms with van der Waals surface area (Å²) >= 11 is 0. The van der Waals surface area contributed by atoms with Crippen molar-refractivity contribution in [2.75, 3.05) is 0 Å². The van der Waals surface area contributed by atoms with E-state index < -0.39 is 0 Å². The van der Waals surface area contributed by atoms with Gasteiger partial charge in [-0.1, -0.05) is 109 Å². The van der Waals surface area contributed by atoms with E-state index in [9.17, 15) is 0 Å². The number of amidine groups is 1. The molecule has 2 aromatic heterocycles. The standard InChI is InChI=1S/C49H28N5O/c1-2-13-31-30(12-1)33-18-9-11-28-23-25-41-46(44(28)33)45-34(31)19-10-21-40(45)53(41)39-20-7-5-17-37(39)48-50-49-36-16-4-3-15-35(36)47(51-54(49)52-48)29-24-26-43-38(27-29)32-14-6-8-22-42(32)55-43/h1-27,49H/q+1. The molecule has 0 N–H and O–H groups in total. The van der Waals surface area contributed by atoms with E-state index in [0.717, 1.165) is 66.6 Å². The van der Waals surface area contributed by atoms with Crippen LogP contribution in [0.5, 0.6) is 0 Å². The van der Waals surface area contributed by atoms with Gasteiger partial charge >= 0.3 is 6.17 Å². The van der Waals surface area contributed by atoms with Crippen molar-refractivity contribution in [1.29, 1.82) is 0 Å². The number of aromatic nitrogens is 1. The zero-order chi connectivity index (χ0) is 35.8. The minimum atomic E-state index is -0.375. The Bertz CT molecular complexity index is 3450. The average Bonchev–Trinajstić information content (AvgIpc) is 3.92. The Balaban J connectivity index is 1.02. The monoisotopic (exact) mass is 702 g/mol. The minimum absolute atomic E-state index is 0.375. The predicted molar refractivity (Wildman–Crippen MR) is 220 cm³/mol. The van der Waals surface area contributed by atoms with E-state index in [4.69, 9.17) is 19.6 Å². The molecule has 6 heteroatoms. The Morgan fingerprint density at radius 2 is 1.20 bits per heavy atom. The SMILES string of the molecule is c1ccc2c(c1)C(c1ccc3oc4ccccc4c3c1)=N[N+]1=NC(c3ccccc3-n3c4cccc5c4c4c6c(cccc6ccc43)-c3ccccc3-5)=NC21. The lowest BCUT2D eigenvalue weighted by Crippen LogP contribution is -2.21. The third kappa shape index (κ3) is 3.87. The van der Waals surface area contributed by atoms with Gasteiger partial charge in [-0.2, -0.15) is 4.99 Å². The first-order valence-electron chi connectivity index (χ1n) is 18.7. The number of nitrogens with zero attached hydrogens (tertiary/aromatic N) is 5. The topological polar surface area (TPSA) is 58.2 Å². The first-order valence-corrected chi connectivity index (χ1v) is 18.7. The van der Waals surface area contributed by atoms with Gasteiger partial charge in [-0.15, -0.1) is 0 Å². The number of hydrazone groups is 1. The molecule has 6 nitrogen and oxygen atoms in total. The van der Waals surface area contributed by atoms with E-state index in [-0.39, 0.29) is 6.17 Å². The minimum Gasteiger partial charge on any atom is -0.456 e. The first-order chi connectivity index (χ1) is 27.3. The van der Waals surface area contributed by atoms with E-state index in [1.165, 1.54) is 43.8 Å². The molecule has 55 heavy (non-hydrogen) atoms. The molecule has 0 saturated carbocycles. The Morgan fingerprint density at radius 3 is 2.09 bits per heavy atom. The van der Waals surface area contributed by atoms with Gasteiger partial charge in [0.1, 0.15) is 16.9 Å². The van der Waals surface area contributed by atoms with Crippen LogP contribution in [-0.4, -0.2) is 20.9 Å². The highest BCUT2D eigenvalue weighted by atomic mass is 16.3. The Hall–Kier alpha value is -7.44. The molecule has 3 aliphatic rings. The summed E-state index contributed by atoms with van der Waals surface area (Å²) in [6.07, 6.45) is -0.375. The van der Waals surface area contributed by atoms with Crippen molar-refractivity contribution in [2.45, 2.75) is 6.17 Å². The molecule has 0 saturated heterocycles. The van der Waals surface area contributed by atoms with Crippen LogP contribution in [0.15, 0.2) is 183 Å². The normalized spacial score (nSPS) is 15.4. The van der Waals surface area contributed by atoms with E-state index >= 15 is 0 Å². The molecule has 1 aliphatic carbocycles. The third-order valence-electron chi connectivity index (χ3n) is 11.7. The number of furan rings is 1. The second-order valence-electron chi connectivity index (χ2n) is 14.6. The maximum atomic E-state index is 6.16. The average molecular weight is 703 g/mol. The van der Waals surface area contributed by atoms with Crippen LogP contribution in [0.2, 0.25) is 0 Å². The molecule has 13 rings (SSSR count). The summed E-state index contributed by atoms with van der Waals surface area (Å²) in [6, 6.07) is 58.2. The van der Waals surface area contributed by atoms with Crippen molar-refractivity contribution < 1.29 is 9.22 Å². The van der Waals surface area contributed by atoms with Crippen molar-refractivity contribution in [2.24, 2.45) is 15.2 Å². The lowest BCUT2D eigenvalue weighted by molar-refractivity contribution is -0.628. The van der Waals surface area contributed by atoms with Crippen LogP contribution in [0.1, 0.15) is 28.4 Å². The van der Waals surface area contributed by atoms with Crippen LogP contribution >= 0.6 is 0 Å². The number of rotatable bonds is 3. The molecule has 4 heterocycles. The zero-order valence-electron chi connectivity index (χ0n) is 29.3. The Morgan fingerprint density at radius 1 is 0.509 bits per heavy atom. The molecule has 254 valence electrons. The van der Waals surface area contributed by atoms with Crippen LogP contribution in [0.25, 0.3) is 82.5 Å². The predicted octanol–water partition coefficient (Wildman–Crippen LogP) is 12.2. The molecular weight excluding hydrogens is 675 g/mol. The van der Waals surface area contributed by atoms with Gasteiger partial charge in [0.25, 0.3) is 0 Å². The highest BCUT2D eigenvalue weighted by Gasteiger charge is 2.41. The van der Waals surface area contributed by atoms with Crippen molar-refractivity contribution in [1.82, 2.24) is 4.57 Å². The van der Waals surface area contributed by atoms with E-state index in [1.54, 1.807) is 4.81 Å². The number of fused-ring (bicyclic) bond motifs is 9. The van der Waals surface area contributed by atoms with Gasteiger partial charge in [0.15, 0.2) is 0 Å². The Labute approximate surface area is 314 Å². The molecule has 8 aromatic carbocycles. The second kappa shape index (κ2) is 10.6. The van der Waals surface area contributed by atoms with Crippen molar-refractivity contribution in [3.8, 4) is 27.9 Å². The largest absolute Gasteiger partial charge is 0.456 e. The van der Waals surface area contributed by atoms with Gasteiger partial charge in [0.2, 0.25) is 5.84 Å². The van der Waals surface area contributed by atoms with Gasteiger partial charge in [-0.25, -0.2) is 0 Å². The summed E-state index contributed by atoms with van der Waals surface area (Å²) in [5.74, 6) is 0.654. The van der Waals surface area contributed by atoms with Crippen LogP contribution in [0.4, 0.5) is 0 Å². The number of benzene rings is 8. The van der Waals surface area contributed by atoms with Gasteiger partial charge in [-0.3, -0.25) is 0 Å².